The molecule has 3 heterocycles. The third-order valence-corrected chi connectivity index (χ3v) is 5.54. The summed E-state index contributed by atoms with van der Waals surface area (Å²) in [5.74, 6) is 0.442. The van der Waals surface area contributed by atoms with Gasteiger partial charge in [-0.25, -0.2) is 0 Å². The Balaban J connectivity index is 1.52. The second-order valence-electron chi connectivity index (χ2n) is 6.91. The predicted octanol–water partition coefficient (Wildman–Crippen LogP) is 0.711. The molecule has 0 N–H and O–H groups in total. The van der Waals surface area contributed by atoms with E-state index in [0.29, 0.717) is 31.7 Å². The topological polar surface area (TPSA) is 53.1 Å². The molecule has 3 aliphatic heterocycles. The van der Waals surface area contributed by atoms with E-state index in [1.807, 2.05) is 9.80 Å². The van der Waals surface area contributed by atoms with Crippen molar-refractivity contribution in [2.24, 2.45) is 0 Å². The number of ether oxygens (including phenoxy) is 1. The molecule has 3 rings (SSSR count). The van der Waals surface area contributed by atoms with Gasteiger partial charge in [0.25, 0.3) is 0 Å². The van der Waals surface area contributed by atoms with Gasteiger partial charge < -0.3 is 14.5 Å². The lowest BCUT2D eigenvalue weighted by atomic mass is 10.0. The molecule has 0 aromatic rings. The molecule has 0 aromatic heterocycles. The van der Waals surface area contributed by atoms with E-state index in [4.69, 9.17) is 4.74 Å². The van der Waals surface area contributed by atoms with Gasteiger partial charge in [0.15, 0.2) is 0 Å². The van der Waals surface area contributed by atoms with Crippen molar-refractivity contribution >= 4 is 11.8 Å². The first-order valence-electron chi connectivity index (χ1n) is 9.03. The largest absolute Gasteiger partial charge is 0.378 e. The standard InChI is InChI=1S/C17H29N3O3/c1-14(21)20-8-3-5-16(20)15-4-2-7-18(15)9-6-17(22)19-10-12-23-13-11-19/h15-16H,2-13H2,1H3/t15-,16+/m1/s1. The van der Waals surface area contributed by atoms with Crippen LogP contribution in [-0.4, -0.2) is 84.5 Å². The Morgan fingerprint density at radius 2 is 1.70 bits per heavy atom. The van der Waals surface area contributed by atoms with E-state index in [0.717, 1.165) is 52.0 Å². The van der Waals surface area contributed by atoms with Crippen LogP contribution < -0.4 is 0 Å². The molecule has 6 heteroatoms. The van der Waals surface area contributed by atoms with Crippen molar-refractivity contribution in [1.82, 2.24) is 14.7 Å². The minimum Gasteiger partial charge on any atom is -0.378 e. The third-order valence-electron chi connectivity index (χ3n) is 5.54. The molecule has 0 aromatic carbocycles. The first kappa shape index (κ1) is 16.7. The van der Waals surface area contributed by atoms with Crippen molar-refractivity contribution in [2.75, 3.05) is 45.9 Å². The fraction of sp³-hybridized carbons (Fsp3) is 0.882. The average molecular weight is 323 g/mol. The van der Waals surface area contributed by atoms with Crippen LogP contribution in [-0.2, 0) is 14.3 Å². The molecule has 0 unspecified atom stereocenters. The number of rotatable bonds is 4. The Kier molecular flexibility index (Phi) is 5.54. The highest BCUT2D eigenvalue weighted by molar-refractivity contribution is 5.76. The predicted molar refractivity (Wildman–Crippen MR) is 87.0 cm³/mol. The lowest BCUT2D eigenvalue weighted by molar-refractivity contribution is -0.136. The van der Waals surface area contributed by atoms with Gasteiger partial charge in [-0.15, -0.1) is 0 Å². The van der Waals surface area contributed by atoms with Crippen LogP contribution in [0.5, 0.6) is 0 Å². The molecule has 3 aliphatic rings. The average Bonchev–Trinajstić information content (AvgIpc) is 3.21. The molecule has 6 nitrogen and oxygen atoms in total. The molecule has 0 aliphatic carbocycles. The minimum atomic E-state index is 0.198. The first-order valence-corrected chi connectivity index (χ1v) is 9.03. The van der Waals surface area contributed by atoms with Gasteiger partial charge in [-0.05, 0) is 32.2 Å². The maximum absolute atomic E-state index is 12.3. The van der Waals surface area contributed by atoms with Crippen LogP contribution in [0.15, 0.2) is 0 Å². The zero-order valence-corrected chi connectivity index (χ0v) is 14.2. The Morgan fingerprint density at radius 3 is 2.43 bits per heavy atom. The molecule has 3 fully saturated rings. The van der Waals surface area contributed by atoms with Gasteiger partial charge in [0, 0.05) is 51.6 Å². The summed E-state index contributed by atoms with van der Waals surface area (Å²) in [7, 11) is 0. The lowest BCUT2D eigenvalue weighted by Crippen LogP contribution is -2.48. The van der Waals surface area contributed by atoms with Gasteiger partial charge in [-0.1, -0.05) is 0 Å². The summed E-state index contributed by atoms with van der Waals surface area (Å²) in [5, 5.41) is 0. The number of carbonyl (C=O) groups is 2. The molecule has 0 saturated carbocycles. The summed E-state index contributed by atoms with van der Waals surface area (Å²) in [6, 6.07) is 0.798. The maximum Gasteiger partial charge on any atom is 0.224 e. The summed E-state index contributed by atoms with van der Waals surface area (Å²) in [4.78, 5) is 30.6. The number of carbonyl (C=O) groups excluding carboxylic acids is 2. The second kappa shape index (κ2) is 7.62. The van der Waals surface area contributed by atoms with Gasteiger partial charge in [0.1, 0.15) is 0 Å². The van der Waals surface area contributed by atoms with E-state index in [-0.39, 0.29) is 11.8 Å². The van der Waals surface area contributed by atoms with E-state index in [1.165, 1.54) is 6.42 Å². The van der Waals surface area contributed by atoms with Crippen LogP contribution in [0.2, 0.25) is 0 Å². The highest BCUT2D eigenvalue weighted by atomic mass is 16.5. The zero-order chi connectivity index (χ0) is 16.2. The fourth-order valence-corrected chi connectivity index (χ4v) is 4.36. The summed E-state index contributed by atoms with van der Waals surface area (Å²) in [6.07, 6.45) is 5.14. The molecule has 2 amide bonds. The van der Waals surface area contributed by atoms with Crippen molar-refractivity contribution in [1.29, 1.82) is 0 Å². The van der Waals surface area contributed by atoms with Crippen LogP contribution in [0, 0.1) is 0 Å². The summed E-state index contributed by atoms with van der Waals surface area (Å²) in [6.45, 7) is 7.23. The molecule has 2 atom stereocenters. The summed E-state index contributed by atoms with van der Waals surface area (Å²) < 4.78 is 5.30. The highest BCUT2D eigenvalue weighted by Crippen LogP contribution is 2.30. The molecular weight excluding hydrogens is 294 g/mol. The number of morpholine rings is 1. The second-order valence-corrected chi connectivity index (χ2v) is 6.91. The Hall–Kier alpha value is -1.14. The Morgan fingerprint density at radius 1 is 1.00 bits per heavy atom. The Bertz CT molecular complexity index is 437. The van der Waals surface area contributed by atoms with Gasteiger partial charge >= 0.3 is 0 Å². The van der Waals surface area contributed by atoms with Crippen LogP contribution >= 0.6 is 0 Å². The van der Waals surface area contributed by atoms with Gasteiger partial charge in [0.05, 0.1) is 13.2 Å². The zero-order valence-electron chi connectivity index (χ0n) is 14.2. The summed E-state index contributed by atoms with van der Waals surface area (Å²) in [5.41, 5.74) is 0. The van der Waals surface area contributed by atoms with Crippen LogP contribution in [0.4, 0.5) is 0 Å². The molecule has 130 valence electrons. The molecule has 23 heavy (non-hydrogen) atoms. The highest BCUT2D eigenvalue weighted by Gasteiger charge is 2.38. The van der Waals surface area contributed by atoms with E-state index in [2.05, 4.69) is 4.90 Å². The molecule has 0 bridgehead atoms. The lowest BCUT2D eigenvalue weighted by Gasteiger charge is -2.35. The fourth-order valence-electron chi connectivity index (χ4n) is 4.36. The maximum atomic E-state index is 12.3. The summed E-state index contributed by atoms with van der Waals surface area (Å²) >= 11 is 0. The number of likely N-dealkylation sites (tertiary alicyclic amines) is 2. The van der Waals surface area contributed by atoms with Crippen molar-refractivity contribution in [3.05, 3.63) is 0 Å². The first-order chi connectivity index (χ1) is 11.2. The monoisotopic (exact) mass is 323 g/mol. The van der Waals surface area contributed by atoms with Crippen LogP contribution in [0.25, 0.3) is 0 Å². The number of nitrogens with zero attached hydrogens (tertiary/aromatic N) is 3. The molecule has 0 spiro atoms. The molecular formula is C17H29N3O3. The van der Waals surface area contributed by atoms with Crippen LogP contribution in [0.3, 0.4) is 0 Å². The third kappa shape index (κ3) is 3.86. The van der Waals surface area contributed by atoms with E-state index >= 15 is 0 Å². The van der Waals surface area contributed by atoms with Crippen molar-refractivity contribution in [3.8, 4) is 0 Å². The van der Waals surface area contributed by atoms with E-state index in [1.54, 1.807) is 6.92 Å². The SMILES string of the molecule is CC(=O)N1CCC[C@H]1[C@H]1CCCN1CCC(=O)N1CCOCC1. The number of hydrogen-bond donors (Lipinski definition) is 0. The van der Waals surface area contributed by atoms with Crippen LogP contribution in [0.1, 0.15) is 39.0 Å². The smallest absolute Gasteiger partial charge is 0.224 e. The van der Waals surface area contributed by atoms with Gasteiger partial charge in [-0.3, -0.25) is 14.5 Å². The van der Waals surface area contributed by atoms with Crippen molar-refractivity contribution < 1.29 is 14.3 Å². The number of hydrogen-bond acceptors (Lipinski definition) is 4. The molecule has 0 radical (unpaired) electrons. The minimum absolute atomic E-state index is 0.198. The van der Waals surface area contributed by atoms with Gasteiger partial charge in [-0.2, -0.15) is 0 Å². The van der Waals surface area contributed by atoms with E-state index < -0.39 is 0 Å². The number of amides is 2. The van der Waals surface area contributed by atoms with E-state index in [9.17, 15) is 9.59 Å². The quantitative estimate of drug-likeness (QED) is 0.765. The van der Waals surface area contributed by atoms with Gasteiger partial charge in [0.2, 0.25) is 11.8 Å². The van der Waals surface area contributed by atoms with Crippen molar-refractivity contribution in [3.63, 3.8) is 0 Å². The van der Waals surface area contributed by atoms with Crippen molar-refractivity contribution in [2.45, 2.75) is 51.1 Å². The molecule has 3 saturated heterocycles. The normalized spacial score (nSPS) is 29.3. The Labute approximate surface area is 138 Å².